The summed E-state index contributed by atoms with van der Waals surface area (Å²) < 4.78 is 6.33. The van der Waals surface area contributed by atoms with Crippen LogP contribution in [0, 0.1) is 11.8 Å². The van der Waals surface area contributed by atoms with Crippen LogP contribution in [0.15, 0.2) is 30.4 Å². The summed E-state index contributed by atoms with van der Waals surface area (Å²) in [5, 5.41) is 6.82. The molecule has 5 rings (SSSR count). The van der Waals surface area contributed by atoms with E-state index in [1.807, 2.05) is 19.1 Å². The van der Waals surface area contributed by atoms with Gasteiger partial charge in [0, 0.05) is 28.3 Å². The first-order chi connectivity index (χ1) is 16.3. The zero-order valence-corrected chi connectivity index (χ0v) is 20.6. The molecule has 1 spiro atoms. The normalized spacial score (nSPS) is 32.2. The molecule has 3 amide bonds. The fraction of sp³-hybridized carbons (Fsp3) is 0.560. The Bertz CT molecular complexity index is 1020. The molecule has 1 aromatic rings. The second kappa shape index (κ2) is 9.17. The third-order valence-corrected chi connectivity index (χ3v) is 7.91. The van der Waals surface area contributed by atoms with E-state index >= 15 is 0 Å². The zero-order chi connectivity index (χ0) is 24.0. The molecule has 4 aliphatic rings. The fourth-order valence-corrected chi connectivity index (χ4v) is 6.65. The van der Waals surface area contributed by atoms with Crippen molar-refractivity contribution >= 4 is 46.6 Å². The van der Waals surface area contributed by atoms with Crippen molar-refractivity contribution in [2.45, 2.75) is 69.2 Å². The van der Waals surface area contributed by atoms with Gasteiger partial charge in [-0.15, -0.1) is 0 Å². The molecular formula is C25H29Cl2N3O4. The van der Waals surface area contributed by atoms with Crippen LogP contribution in [-0.2, 0) is 19.1 Å². The van der Waals surface area contributed by atoms with Crippen molar-refractivity contribution in [3.63, 3.8) is 0 Å². The monoisotopic (exact) mass is 505 g/mol. The van der Waals surface area contributed by atoms with E-state index in [1.165, 1.54) is 6.42 Å². The van der Waals surface area contributed by atoms with Crippen LogP contribution < -0.4 is 10.6 Å². The Morgan fingerprint density at radius 2 is 1.82 bits per heavy atom. The van der Waals surface area contributed by atoms with Gasteiger partial charge in [0.05, 0.1) is 17.9 Å². The topological polar surface area (TPSA) is 87.7 Å². The Labute approximate surface area is 209 Å². The minimum absolute atomic E-state index is 0.115. The van der Waals surface area contributed by atoms with Crippen LogP contribution in [0.4, 0.5) is 5.69 Å². The van der Waals surface area contributed by atoms with E-state index in [-0.39, 0.29) is 23.8 Å². The van der Waals surface area contributed by atoms with Crippen LogP contribution in [-0.4, -0.2) is 53.0 Å². The minimum atomic E-state index is -1.14. The largest absolute Gasteiger partial charge is 0.359 e. The van der Waals surface area contributed by atoms with E-state index in [0.29, 0.717) is 28.7 Å². The highest BCUT2D eigenvalue weighted by molar-refractivity contribution is 6.35. The molecule has 2 bridgehead atoms. The van der Waals surface area contributed by atoms with Crippen LogP contribution in [0.3, 0.4) is 0 Å². The van der Waals surface area contributed by atoms with Gasteiger partial charge in [0.25, 0.3) is 0 Å². The van der Waals surface area contributed by atoms with Crippen molar-refractivity contribution in [2.75, 3.05) is 11.9 Å². The van der Waals surface area contributed by atoms with Gasteiger partial charge in [-0.3, -0.25) is 14.4 Å². The van der Waals surface area contributed by atoms with Gasteiger partial charge >= 0.3 is 0 Å². The Balaban J connectivity index is 1.42. The van der Waals surface area contributed by atoms with Crippen molar-refractivity contribution in [2.24, 2.45) is 11.8 Å². The van der Waals surface area contributed by atoms with Crippen molar-refractivity contribution in [1.29, 1.82) is 0 Å². The molecule has 34 heavy (non-hydrogen) atoms. The molecule has 3 aliphatic heterocycles. The van der Waals surface area contributed by atoms with Crippen LogP contribution >= 0.6 is 23.2 Å². The molecule has 1 aliphatic carbocycles. The molecule has 1 aromatic carbocycles. The summed E-state index contributed by atoms with van der Waals surface area (Å²) in [6.45, 7) is 2.40. The Hall–Kier alpha value is -2.09. The van der Waals surface area contributed by atoms with E-state index in [0.717, 1.165) is 25.7 Å². The number of fused-ring (bicyclic) bond motifs is 1. The van der Waals surface area contributed by atoms with Gasteiger partial charge in [0.15, 0.2) is 0 Å². The number of likely N-dealkylation sites (tertiary alicyclic amines) is 1. The van der Waals surface area contributed by atoms with E-state index in [1.54, 1.807) is 23.1 Å². The van der Waals surface area contributed by atoms with Gasteiger partial charge in [-0.1, -0.05) is 61.5 Å². The van der Waals surface area contributed by atoms with Crippen molar-refractivity contribution in [3.8, 4) is 0 Å². The average Bonchev–Trinajstić information content (AvgIpc) is 3.42. The maximum atomic E-state index is 13.7. The second-order valence-corrected chi connectivity index (χ2v) is 10.6. The molecule has 3 fully saturated rings. The lowest BCUT2D eigenvalue weighted by Crippen LogP contribution is -2.56. The highest BCUT2D eigenvalue weighted by atomic mass is 35.5. The smallest absolute Gasteiger partial charge is 0.246 e. The van der Waals surface area contributed by atoms with Gasteiger partial charge in [-0.05, 0) is 37.5 Å². The lowest BCUT2D eigenvalue weighted by molar-refractivity contribution is -0.141. The molecular weight excluding hydrogens is 477 g/mol. The number of carbonyl (C=O) groups is 3. The molecule has 7 nitrogen and oxygen atoms in total. The number of hydrogen-bond donors (Lipinski definition) is 2. The Morgan fingerprint density at radius 3 is 2.50 bits per heavy atom. The van der Waals surface area contributed by atoms with Crippen molar-refractivity contribution in [1.82, 2.24) is 10.2 Å². The molecule has 182 valence electrons. The lowest BCUT2D eigenvalue weighted by Gasteiger charge is -2.34. The third kappa shape index (κ3) is 3.91. The van der Waals surface area contributed by atoms with Gasteiger partial charge in [0.1, 0.15) is 11.6 Å². The number of nitrogens with zero attached hydrogens (tertiary/aromatic N) is 1. The fourth-order valence-electron chi connectivity index (χ4n) is 6.13. The number of carbonyl (C=O) groups excluding carboxylic acids is 3. The SMILES string of the molecule is CCCN1C(=O)[C@@H]2C(C(=O)Nc3cc(Cl)cc(Cl)c3)[C@@H]3C=CC2(O3)C1C(=O)NC1CCCCC1. The average molecular weight is 506 g/mol. The van der Waals surface area contributed by atoms with E-state index in [2.05, 4.69) is 10.6 Å². The van der Waals surface area contributed by atoms with Crippen LogP contribution in [0.25, 0.3) is 0 Å². The second-order valence-electron chi connectivity index (χ2n) is 9.72. The Kier molecular flexibility index (Phi) is 6.38. The first-order valence-corrected chi connectivity index (χ1v) is 12.8. The molecule has 2 saturated heterocycles. The minimum Gasteiger partial charge on any atom is -0.359 e. The summed E-state index contributed by atoms with van der Waals surface area (Å²) in [7, 11) is 0. The number of rotatable bonds is 6. The van der Waals surface area contributed by atoms with Crippen molar-refractivity contribution < 1.29 is 19.1 Å². The quantitative estimate of drug-likeness (QED) is 0.573. The van der Waals surface area contributed by atoms with Crippen LogP contribution in [0.5, 0.6) is 0 Å². The molecule has 0 aromatic heterocycles. The summed E-state index contributed by atoms with van der Waals surface area (Å²) in [4.78, 5) is 42.2. The van der Waals surface area contributed by atoms with Gasteiger partial charge in [0.2, 0.25) is 17.7 Å². The molecule has 1 saturated carbocycles. The molecule has 3 unspecified atom stereocenters. The predicted octanol–water partition coefficient (Wildman–Crippen LogP) is 3.94. The summed E-state index contributed by atoms with van der Waals surface area (Å²) in [6.07, 6.45) is 9.04. The first-order valence-electron chi connectivity index (χ1n) is 12.1. The third-order valence-electron chi connectivity index (χ3n) is 7.47. The van der Waals surface area contributed by atoms with Crippen LogP contribution in [0.1, 0.15) is 45.4 Å². The van der Waals surface area contributed by atoms with Crippen LogP contribution in [0.2, 0.25) is 10.0 Å². The van der Waals surface area contributed by atoms with Gasteiger partial charge in [-0.25, -0.2) is 0 Å². The molecule has 2 N–H and O–H groups in total. The number of anilines is 1. The van der Waals surface area contributed by atoms with E-state index < -0.39 is 29.6 Å². The summed E-state index contributed by atoms with van der Waals surface area (Å²) in [5.41, 5.74) is -0.685. The molecule has 3 heterocycles. The molecule has 0 radical (unpaired) electrons. The highest BCUT2D eigenvalue weighted by Crippen LogP contribution is 2.55. The molecule has 9 heteroatoms. The number of benzene rings is 1. The lowest BCUT2D eigenvalue weighted by atomic mass is 9.74. The zero-order valence-electron chi connectivity index (χ0n) is 19.1. The molecule has 5 atom stereocenters. The first kappa shape index (κ1) is 23.6. The number of amides is 3. The summed E-state index contributed by atoms with van der Waals surface area (Å²) in [6, 6.07) is 4.11. The maximum Gasteiger partial charge on any atom is 0.246 e. The van der Waals surface area contributed by atoms with Gasteiger partial charge in [-0.2, -0.15) is 0 Å². The number of nitrogens with one attached hydrogen (secondary N) is 2. The maximum absolute atomic E-state index is 13.7. The van der Waals surface area contributed by atoms with E-state index in [4.69, 9.17) is 27.9 Å². The number of halogens is 2. The highest BCUT2D eigenvalue weighted by Gasteiger charge is 2.72. The summed E-state index contributed by atoms with van der Waals surface area (Å²) in [5.74, 6) is -2.25. The van der Waals surface area contributed by atoms with Crippen molar-refractivity contribution in [3.05, 3.63) is 40.4 Å². The van der Waals surface area contributed by atoms with Gasteiger partial charge < -0.3 is 20.3 Å². The Morgan fingerprint density at radius 1 is 1.12 bits per heavy atom. The van der Waals surface area contributed by atoms with E-state index in [9.17, 15) is 14.4 Å². The summed E-state index contributed by atoms with van der Waals surface area (Å²) >= 11 is 12.2. The predicted molar refractivity (Wildman–Crippen MR) is 130 cm³/mol. The standard InChI is InChI=1S/C25H29Cl2N3O4/c1-2-10-30-21(23(32)28-16-6-4-3-5-7-16)25-9-8-18(34-25)19(20(25)24(30)33)22(31)29-17-12-14(26)11-15(27)13-17/h8-9,11-13,16,18-21H,2-7,10H2,1H3,(H,28,32)(H,29,31)/t18-,19?,20-,21?,25?/m0/s1. The number of hydrogen-bond acceptors (Lipinski definition) is 4. The number of ether oxygens (including phenoxy) is 1.